The lowest BCUT2D eigenvalue weighted by atomic mass is 10.1. The van der Waals surface area contributed by atoms with Crippen LogP contribution in [-0.4, -0.2) is 28.1 Å². The molecule has 0 bridgehead atoms. The van der Waals surface area contributed by atoms with Gasteiger partial charge >= 0.3 is 0 Å². The van der Waals surface area contributed by atoms with Crippen LogP contribution in [0, 0.1) is 6.20 Å². The minimum atomic E-state index is 0.537. The number of aromatic nitrogens is 3. The third-order valence-electron chi connectivity index (χ3n) is 2.08. The van der Waals surface area contributed by atoms with Crippen molar-refractivity contribution in [2.45, 2.75) is 18.9 Å². The second-order valence-electron chi connectivity index (χ2n) is 2.81. The molecule has 1 fully saturated rings. The van der Waals surface area contributed by atoms with Crippen molar-refractivity contribution in [1.29, 1.82) is 0 Å². The Kier molecular flexibility index (Phi) is 1.85. The molecule has 1 aromatic rings. The fraction of sp³-hybridized carbons (Fsp3) is 0.714. The zero-order chi connectivity index (χ0) is 7.52. The van der Waals surface area contributed by atoms with Crippen molar-refractivity contribution in [3.8, 4) is 0 Å². The Morgan fingerprint density at radius 1 is 1.45 bits per heavy atom. The predicted octanol–water partition coefficient (Wildman–Crippen LogP) is 0.00279. The molecule has 0 aromatic carbocycles. The van der Waals surface area contributed by atoms with E-state index in [4.69, 9.17) is 0 Å². The molecule has 1 aliphatic heterocycles. The average molecular weight is 151 g/mol. The summed E-state index contributed by atoms with van der Waals surface area (Å²) in [7, 11) is 0. The van der Waals surface area contributed by atoms with Gasteiger partial charge in [0.25, 0.3) is 0 Å². The maximum atomic E-state index is 3.92. The number of piperidine rings is 1. The molecule has 4 heteroatoms. The summed E-state index contributed by atoms with van der Waals surface area (Å²) >= 11 is 0. The molecule has 0 spiro atoms. The maximum absolute atomic E-state index is 3.92. The molecule has 59 valence electrons. The fourth-order valence-electron chi connectivity index (χ4n) is 1.44. The largest absolute Gasteiger partial charge is 0.317 e. The van der Waals surface area contributed by atoms with Gasteiger partial charge in [0.15, 0.2) is 0 Å². The smallest absolute Gasteiger partial charge is 0.134 e. The zero-order valence-electron chi connectivity index (χ0n) is 6.32. The lowest BCUT2D eigenvalue weighted by Gasteiger charge is -2.21. The van der Waals surface area contributed by atoms with Crippen molar-refractivity contribution in [2.75, 3.05) is 13.1 Å². The molecular formula is C7H11N4. The first kappa shape index (κ1) is 6.79. The van der Waals surface area contributed by atoms with E-state index in [1.54, 1.807) is 0 Å². The first-order valence-electron chi connectivity index (χ1n) is 3.95. The Morgan fingerprint density at radius 2 is 2.27 bits per heavy atom. The van der Waals surface area contributed by atoms with Crippen LogP contribution in [0.25, 0.3) is 0 Å². The summed E-state index contributed by atoms with van der Waals surface area (Å²) in [5.74, 6) is 0. The van der Waals surface area contributed by atoms with E-state index < -0.39 is 0 Å². The third-order valence-corrected chi connectivity index (χ3v) is 2.08. The van der Waals surface area contributed by atoms with Crippen molar-refractivity contribution in [3.05, 3.63) is 12.4 Å². The molecule has 1 N–H and O–H groups in total. The molecule has 1 aliphatic rings. The van der Waals surface area contributed by atoms with Crippen molar-refractivity contribution in [2.24, 2.45) is 0 Å². The van der Waals surface area contributed by atoms with Gasteiger partial charge in [0.2, 0.25) is 0 Å². The highest BCUT2D eigenvalue weighted by Crippen LogP contribution is 2.15. The quantitative estimate of drug-likeness (QED) is 0.614. The average Bonchev–Trinajstić information content (AvgIpc) is 2.58. The van der Waals surface area contributed by atoms with Crippen molar-refractivity contribution < 1.29 is 0 Å². The van der Waals surface area contributed by atoms with Crippen molar-refractivity contribution in [1.82, 2.24) is 20.3 Å². The van der Waals surface area contributed by atoms with E-state index in [1.807, 2.05) is 10.9 Å². The van der Waals surface area contributed by atoms with Crippen molar-refractivity contribution in [3.63, 3.8) is 0 Å². The Balaban J connectivity index is 2.04. The van der Waals surface area contributed by atoms with Gasteiger partial charge in [0, 0.05) is 0 Å². The Morgan fingerprint density at radius 3 is 2.91 bits per heavy atom. The molecule has 11 heavy (non-hydrogen) atoms. The topological polar surface area (TPSA) is 42.7 Å². The number of hydrogen-bond donors (Lipinski definition) is 1. The van der Waals surface area contributed by atoms with Gasteiger partial charge in [-0.15, -0.1) is 5.10 Å². The van der Waals surface area contributed by atoms with E-state index in [2.05, 4.69) is 21.8 Å². The van der Waals surface area contributed by atoms with Crippen LogP contribution >= 0.6 is 0 Å². The molecule has 1 aromatic heterocycles. The first-order valence-corrected chi connectivity index (χ1v) is 3.95. The van der Waals surface area contributed by atoms with Gasteiger partial charge in [0.05, 0.1) is 12.2 Å². The van der Waals surface area contributed by atoms with Crippen molar-refractivity contribution >= 4 is 0 Å². The van der Waals surface area contributed by atoms with Gasteiger partial charge in [-0.05, 0) is 25.9 Å². The summed E-state index contributed by atoms with van der Waals surface area (Å²) in [6.07, 6.45) is 6.82. The van der Waals surface area contributed by atoms with E-state index in [0.717, 1.165) is 25.9 Å². The van der Waals surface area contributed by atoms with Gasteiger partial charge in [-0.2, -0.15) is 0 Å². The maximum Gasteiger partial charge on any atom is 0.134 e. The molecule has 0 aliphatic carbocycles. The molecular weight excluding hydrogens is 140 g/mol. The SMILES string of the molecule is [c]1cn(C2CCNCC2)nn1. The molecule has 0 atom stereocenters. The second kappa shape index (κ2) is 3.00. The molecule has 1 saturated heterocycles. The summed E-state index contributed by atoms with van der Waals surface area (Å²) in [5.41, 5.74) is 0. The van der Waals surface area contributed by atoms with Gasteiger partial charge in [-0.3, -0.25) is 0 Å². The van der Waals surface area contributed by atoms with E-state index in [0.29, 0.717) is 6.04 Å². The molecule has 0 saturated carbocycles. The molecule has 2 rings (SSSR count). The Labute approximate surface area is 65.6 Å². The first-order chi connectivity index (χ1) is 5.47. The lowest BCUT2D eigenvalue weighted by Crippen LogP contribution is -2.29. The molecule has 1 radical (unpaired) electrons. The Bertz CT molecular complexity index is 200. The van der Waals surface area contributed by atoms with Crippen LogP contribution in [0.2, 0.25) is 0 Å². The molecule has 4 nitrogen and oxygen atoms in total. The molecule has 2 heterocycles. The highest BCUT2D eigenvalue weighted by atomic mass is 15.4. The van der Waals surface area contributed by atoms with Crippen LogP contribution in [0.1, 0.15) is 18.9 Å². The predicted molar refractivity (Wildman–Crippen MR) is 40.0 cm³/mol. The summed E-state index contributed by atoms with van der Waals surface area (Å²) in [6, 6.07) is 0.537. The lowest BCUT2D eigenvalue weighted by molar-refractivity contribution is 0.337. The summed E-state index contributed by atoms with van der Waals surface area (Å²) in [4.78, 5) is 0. The van der Waals surface area contributed by atoms with Gasteiger partial charge in [-0.1, -0.05) is 5.21 Å². The standard InChI is InChI=1S/C7H11N4/c1-3-8-4-2-7(1)11-6-5-9-10-11/h6-8H,1-4H2. The van der Waals surface area contributed by atoms with Gasteiger partial charge in [0.1, 0.15) is 6.20 Å². The molecule has 0 unspecified atom stereocenters. The van der Waals surface area contributed by atoms with E-state index in [-0.39, 0.29) is 0 Å². The second-order valence-corrected chi connectivity index (χ2v) is 2.81. The van der Waals surface area contributed by atoms with Gasteiger partial charge < -0.3 is 5.32 Å². The number of nitrogens with zero attached hydrogens (tertiary/aromatic N) is 3. The monoisotopic (exact) mass is 151 g/mol. The van der Waals surface area contributed by atoms with E-state index >= 15 is 0 Å². The minimum Gasteiger partial charge on any atom is -0.317 e. The number of hydrogen-bond acceptors (Lipinski definition) is 3. The van der Waals surface area contributed by atoms with Crippen LogP contribution in [0.3, 0.4) is 0 Å². The fourth-order valence-corrected chi connectivity index (χ4v) is 1.44. The van der Waals surface area contributed by atoms with Crippen LogP contribution in [0.15, 0.2) is 6.20 Å². The van der Waals surface area contributed by atoms with Crippen LogP contribution in [0.5, 0.6) is 0 Å². The number of nitrogens with one attached hydrogen (secondary N) is 1. The summed E-state index contributed by atoms with van der Waals surface area (Å²) in [6.45, 7) is 2.18. The highest BCUT2D eigenvalue weighted by molar-refractivity contribution is 4.75. The van der Waals surface area contributed by atoms with Crippen LogP contribution in [0.4, 0.5) is 0 Å². The van der Waals surface area contributed by atoms with Crippen LogP contribution < -0.4 is 5.32 Å². The summed E-state index contributed by atoms with van der Waals surface area (Å²) in [5, 5.41) is 10.9. The van der Waals surface area contributed by atoms with Crippen LogP contribution in [-0.2, 0) is 0 Å². The number of rotatable bonds is 1. The Hall–Kier alpha value is -0.900. The normalized spacial score (nSPS) is 20.4. The summed E-state index contributed by atoms with van der Waals surface area (Å²) < 4.78 is 1.90. The minimum absolute atomic E-state index is 0.537. The van der Waals surface area contributed by atoms with Gasteiger partial charge in [-0.25, -0.2) is 4.68 Å². The molecule has 0 amide bonds. The third kappa shape index (κ3) is 1.40. The highest BCUT2D eigenvalue weighted by Gasteiger charge is 2.14. The van der Waals surface area contributed by atoms with E-state index in [1.165, 1.54) is 0 Å². The van der Waals surface area contributed by atoms with E-state index in [9.17, 15) is 0 Å². The zero-order valence-corrected chi connectivity index (χ0v) is 6.32.